The molecule has 0 unspecified atom stereocenters. The molecule has 1 N–H and O–H groups in total. The molecule has 1 aromatic rings. The third-order valence-corrected chi connectivity index (χ3v) is 4.41. The second kappa shape index (κ2) is 9.25. The monoisotopic (exact) mass is 395 g/mol. The van der Waals surface area contributed by atoms with E-state index in [0.717, 1.165) is 5.56 Å². The second-order valence-corrected chi connectivity index (χ2v) is 7.73. The molecule has 0 radical (unpaired) electrons. The predicted molar refractivity (Wildman–Crippen MR) is 101 cm³/mol. The Morgan fingerprint density at radius 2 is 1.93 bits per heavy atom. The van der Waals surface area contributed by atoms with Gasteiger partial charge in [0.25, 0.3) is 0 Å². The van der Waals surface area contributed by atoms with Gasteiger partial charge in [-0.15, -0.1) is 0 Å². The summed E-state index contributed by atoms with van der Waals surface area (Å²) in [4.78, 5) is 26.2. The van der Waals surface area contributed by atoms with Gasteiger partial charge in [-0.05, 0) is 38.5 Å². The highest BCUT2D eigenvalue weighted by Gasteiger charge is 2.44. The van der Waals surface area contributed by atoms with Crippen molar-refractivity contribution in [3.8, 4) is 5.75 Å². The summed E-state index contributed by atoms with van der Waals surface area (Å²) in [7, 11) is 2.81. The third kappa shape index (κ3) is 5.59. The molecule has 0 aliphatic carbocycles. The molecule has 156 valence electrons. The number of hydrogen-bond donors (Lipinski definition) is 1. The zero-order valence-corrected chi connectivity index (χ0v) is 17.0. The van der Waals surface area contributed by atoms with E-state index in [4.69, 9.17) is 18.9 Å². The number of esters is 1. The number of hydrogen-bond acceptors (Lipinski definition) is 7. The van der Waals surface area contributed by atoms with Gasteiger partial charge in [0, 0.05) is 19.6 Å². The molecule has 1 saturated heterocycles. The highest BCUT2D eigenvalue weighted by Crippen LogP contribution is 2.36. The molecule has 8 heteroatoms. The topological polar surface area (TPSA) is 94.5 Å². The number of rotatable bonds is 5. The molecule has 1 amide bonds. The zero-order valence-electron chi connectivity index (χ0n) is 17.0. The van der Waals surface area contributed by atoms with E-state index >= 15 is 0 Å². The Morgan fingerprint density at radius 1 is 1.21 bits per heavy atom. The lowest BCUT2D eigenvalue weighted by Gasteiger charge is -2.41. The average molecular weight is 395 g/mol. The van der Waals surface area contributed by atoms with Gasteiger partial charge in [0.15, 0.2) is 6.79 Å². The first kappa shape index (κ1) is 22.0. The Morgan fingerprint density at radius 3 is 2.54 bits per heavy atom. The van der Waals surface area contributed by atoms with Gasteiger partial charge < -0.3 is 29.0 Å². The van der Waals surface area contributed by atoms with Crippen LogP contribution in [0, 0.1) is 5.92 Å². The highest BCUT2D eigenvalue weighted by molar-refractivity contribution is 5.76. The smallest absolute Gasteiger partial charge is 0.410 e. The minimum atomic E-state index is -0.969. The van der Waals surface area contributed by atoms with Crippen LogP contribution in [0.4, 0.5) is 4.79 Å². The number of nitrogens with zero attached hydrogens (tertiary/aromatic N) is 1. The lowest BCUT2D eigenvalue weighted by Crippen LogP contribution is -2.53. The van der Waals surface area contributed by atoms with Gasteiger partial charge in [0.05, 0.1) is 25.7 Å². The summed E-state index contributed by atoms with van der Waals surface area (Å²) >= 11 is 0. The van der Waals surface area contributed by atoms with Crippen molar-refractivity contribution >= 4 is 12.1 Å². The van der Waals surface area contributed by atoms with Gasteiger partial charge in [0.1, 0.15) is 11.4 Å². The van der Waals surface area contributed by atoms with E-state index in [1.807, 2.05) is 6.07 Å². The largest absolute Gasteiger partial charge is 0.469 e. The number of benzene rings is 1. The first-order valence-electron chi connectivity index (χ1n) is 9.11. The molecule has 0 saturated carbocycles. The summed E-state index contributed by atoms with van der Waals surface area (Å²) in [5, 5.41) is 10.8. The van der Waals surface area contributed by atoms with Crippen molar-refractivity contribution in [2.45, 2.75) is 38.4 Å². The lowest BCUT2D eigenvalue weighted by atomic mass is 9.78. The SMILES string of the molecule is COCOc1cccc([C@H]2[C@H](O)CN(C(=O)OC(C)(C)C)C[C@@H]2C(=O)OC)c1. The van der Waals surface area contributed by atoms with E-state index in [2.05, 4.69) is 0 Å². The minimum absolute atomic E-state index is 0.0518. The molecule has 2 rings (SSSR count). The molecule has 1 heterocycles. The third-order valence-electron chi connectivity index (χ3n) is 4.41. The minimum Gasteiger partial charge on any atom is -0.469 e. The molecule has 28 heavy (non-hydrogen) atoms. The fourth-order valence-corrected chi connectivity index (χ4v) is 3.27. The number of piperidine rings is 1. The Hall–Kier alpha value is -2.32. The van der Waals surface area contributed by atoms with Crippen LogP contribution >= 0.6 is 0 Å². The second-order valence-electron chi connectivity index (χ2n) is 7.73. The molecule has 3 atom stereocenters. The van der Waals surface area contributed by atoms with Crippen LogP contribution in [0.1, 0.15) is 32.3 Å². The van der Waals surface area contributed by atoms with Crippen molar-refractivity contribution in [2.75, 3.05) is 34.1 Å². The number of aliphatic hydroxyl groups is 1. The molecular formula is C20H29NO7. The molecule has 1 fully saturated rings. The predicted octanol–water partition coefficient (Wildman–Crippen LogP) is 2.15. The Labute approximate surface area is 165 Å². The quantitative estimate of drug-likeness (QED) is 0.603. The molecule has 1 aromatic carbocycles. The van der Waals surface area contributed by atoms with Gasteiger partial charge in [-0.2, -0.15) is 0 Å². The summed E-state index contributed by atoms with van der Waals surface area (Å²) < 4.78 is 20.7. The van der Waals surface area contributed by atoms with E-state index in [1.165, 1.54) is 19.1 Å². The van der Waals surface area contributed by atoms with Crippen LogP contribution in [0.5, 0.6) is 5.75 Å². The Bertz CT molecular complexity index is 685. The standard InChI is InChI=1S/C20H29NO7/c1-20(2,3)28-19(24)21-10-15(18(23)26-5)17(16(22)11-21)13-7-6-8-14(9-13)27-12-25-4/h6-9,15-17,22H,10-12H2,1-5H3/t15-,16+,17+/m0/s1. The van der Waals surface area contributed by atoms with E-state index in [0.29, 0.717) is 5.75 Å². The Kier molecular flexibility index (Phi) is 7.26. The van der Waals surface area contributed by atoms with Crippen molar-refractivity contribution in [2.24, 2.45) is 5.92 Å². The van der Waals surface area contributed by atoms with E-state index in [-0.39, 0.29) is 19.9 Å². The van der Waals surface area contributed by atoms with Crippen molar-refractivity contribution in [3.63, 3.8) is 0 Å². The maximum atomic E-state index is 12.4. The summed E-state index contributed by atoms with van der Waals surface area (Å²) in [5.74, 6) is -1.22. The summed E-state index contributed by atoms with van der Waals surface area (Å²) in [6, 6.07) is 7.11. The van der Waals surface area contributed by atoms with Crippen LogP contribution < -0.4 is 4.74 Å². The number of likely N-dealkylation sites (tertiary alicyclic amines) is 1. The average Bonchev–Trinajstić information content (AvgIpc) is 2.63. The summed E-state index contributed by atoms with van der Waals surface area (Å²) in [6.45, 7) is 5.51. The fraction of sp³-hybridized carbons (Fsp3) is 0.600. The number of ether oxygens (including phenoxy) is 4. The molecule has 1 aliphatic rings. The van der Waals surface area contributed by atoms with E-state index in [9.17, 15) is 14.7 Å². The van der Waals surface area contributed by atoms with Crippen molar-refractivity contribution in [1.29, 1.82) is 0 Å². The fourth-order valence-electron chi connectivity index (χ4n) is 3.27. The van der Waals surface area contributed by atoms with Crippen molar-refractivity contribution < 1.29 is 33.6 Å². The summed E-state index contributed by atoms with van der Waals surface area (Å²) in [6.07, 6.45) is -1.54. The lowest BCUT2D eigenvalue weighted by molar-refractivity contribution is -0.150. The van der Waals surface area contributed by atoms with Crippen molar-refractivity contribution in [3.05, 3.63) is 29.8 Å². The maximum absolute atomic E-state index is 12.4. The number of carbonyl (C=O) groups excluding carboxylic acids is 2. The molecule has 0 bridgehead atoms. The molecule has 8 nitrogen and oxygen atoms in total. The van der Waals surface area contributed by atoms with E-state index < -0.39 is 35.6 Å². The number of amides is 1. The molecule has 1 aliphatic heterocycles. The maximum Gasteiger partial charge on any atom is 0.410 e. The van der Waals surface area contributed by atoms with Gasteiger partial charge >= 0.3 is 12.1 Å². The highest BCUT2D eigenvalue weighted by atomic mass is 16.7. The first-order chi connectivity index (χ1) is 13.2. The van der Waals surface area contributed by atoms with Gasteiger partial charge in [-0.1, -0.05) is 12.1 Å². The Balaban J connectivity index is 2.27. The number of aliphatic hydroxyl groups excluding tert-OH is 1. The number of carbonyl (C=O) groups is 2. The zero-order chi connectivity index (χ0) is 20.9. The van der Waals surface area contributed by atoms with Crippen LogP contribution in [-0.4, -0.2) is 67.9 Å². The normalized spacial score (nSPS) is 22.5. The number of methoxy groups -OCH3 is 2. The van der Waals surface area contributed by atoms with Crippen LogP contribution in [-0.2, 0) is 19.0 Å². The van der Waals surface area contributed by atoms with Crippen LogP contribution in [0.3, 0.4) is 0 Å². The van der Waals surface area contributed by atoms with Gasteiger partial charge in [-0.25, -0.2) is 4.79 Å². The van der Waals surface area contributed by atoms with Crippen LogP contribution in [0.25, 0.3) is 0 Å². The summed E-state index contributed by atoms with van der Waals surface area (Å²) in [5.41, 5.74) is 0.0486. The van der Waals surface area contributed by atoms with Crippen molar-refractivity contribution in [1.82, 2.24) is 4.90 Å². The van der Waals surface area contributed by atoms with Gasteiger partial charge in [-0.3, -0.25) is 4.79 Å². The van der Waals surface area contributed by atoms with Crippen LogP contribution in [0.2, 0.25) is 0 Å². The number of β-amino-alcohol motifs (C(OH)–C–C–N with tert-alkyl or cyclic N) is 1. The molecule has 0 spiro atoms. The molecular weight excluding hydrogens is 366 g/mol. The van der Waals surface area contributed by atoms with Crippen LogP contribution in [0.15, 0.2) is 24.3 Å². The van der Waals surface area contributed by atoms with Gasteiger partial charge in [0.2, 0.25) is 0 Å². The molecule has 0 aromatic heterocycles. The van der Waals surface area contributed by atoms with E-state index in [1.54, 1.807) is 39.0 Å². The first-order valence-corrected chi connectivity index (χ1v) is 9.11.